The SMILES string of the molecule is CC(=O)OC(C)(C[NH3+])C(=O)/C=C/c1ccc(C)cc1. The van der Waals surface area contributed by atoms with Crippen LogP contribution in [0.15, 0.2) is 30.3 Å². The zero-order chi connectivity index (χ0) is 14.5. The Kier molecular flexibility index (Phi) is 5.01. The molecule has 1 rings (SSSR count). The molecule has 1 aromatic carbocycles. The first-order chi connectivity index (χ1) is 8.87. The van der Waals surface area contributed by atoms with E-state index >= 15 is 0 Å². The normalized spacial score (nSPS) is 14.1. The maximum Gasteiger partial charge on any atom is 0.303 e. The number of aryl methyl sites for hydroxylation is 1. The minimum absolute atomic E-state index is 0.198. The summed E-state index contributed by atoms with van der Waals surface area (Å²) in [5, 5.41) is 0. The molecule has 0 aliphatic rings. The largest absolute Gasteiger partial charge is 0.445 e. The summed E-state index contributed by atoms with van der Waals surface area (Å²) in [5.74, 6) is -0.749. The molecule has 0 amide bonds. The van der Waals surface area contributed by atoms with Crippen molar-refractivity contribution >= 4 is 17.8 Å². The molecule has 0 spiro atoms. The van der Waals surface area contributed by atoms with Gasteiger partial charge in [-0.05, 0) is 25.5 Å². The number of esters is 1. The molecule has 0 aromatic heterocycles. The average Bonchev–Trinajstić information content (AvgIpc) is 2.36. The van der Waals surface area contributed by atoms with Gasteiger partial charge >= 0.3 is 5.97 Å². The quantitative estimate of drug-likeness (QED) is 0.639. The van der Waals surface area contributed by atoms with Crippen LogP contribution in [0, 0.1) is 6.92 Å². The summed E-state index contributed by atoms with van der Waals surface area (Å²) < 4.78 is 5.05. The number of carbonyl (C=O) groups is 2. The maximum atomic E-state index is 12.1. The van der Waals surface area contributed by atoms with E-state index in [0.717, 1.165) is 11.1 Å². The van der Waals surface area contributed by atoms with Crippen molar-refractivity contribution in [3.05, 3.63) is 41.5 Å². The minimum atomic E-state index is -1.19. The van der Waals surface area contributed by atoms with Gasteiger partial charge in [-0.3, -0.25) is 9.59 Å². The fourth-order valence-corrected chi connectivity index (χ4v) is 1.57. The third kappa shape index (κ3) is 4.34. The molecule has 102 valence electrons. The molecule has 3 N–H and O–H groups in total. The Labute approximate surface area is 113 Å². The van der Waals surface area contributed by atoms with Crippen LogP contribution in [0.25, 0.3) is 6.08 Å². The lowest BCUT2D eigenvalue weighted by atomic mass is 9.99. The van der Waals surface area contributed by atoms with Crippen LogP contribution in [0.4, 0.5) is 0 Å². The molecule has 0 aliphatic carbocycles. The van der Waals surface area contributed by atoms with Crippen LogP contribution in [0.1, 0.15) is 25.0 Å². The van der Waals surface area contributed by atoms with E-state index in [1.807, 2.05) is 31.2 Å². The highest BCUT2D eigenvalue weighted by Crippen LogP contribution is 2.13. The minimum Gasteiger partial charge on any atom is -0.445 e. The molecule has 1 unspecified atom stereocenters. The third-order valence-corrected chi connectivity index (χ3v) is 2.87. The van der Waals surface area contributed by atoms with Gasteiger partial charge in [0, 0.05) is 6.92 Å². The van der Waals surface area contributed by atoms with Crippen molar-refractivity contribution in [2.45, 2.75) is 26.4 Å². The zero-order valence-electron chi connectivity index (χ0n) is 11.6. The van der Waals surface area contributed by atoms with Crippen molar-refractivity contribution in [2.75, 3.05) is 6.54 Å². The Morgan fingerprint density at radius 2 is 1.89 bits per heavy atom. The number of quaternary nitrogens is 1. The molecule has 0 radical (unpaired) electrons. The standard InChI is InChI=1S/C15H19NO3/c1-11-4-6-13(7-5-11)8-9-14(18)15(3,10-16)19-12(2)17/h4-9H,10,16H2,1-3H3/p+1/b9-8+. The number of carbonyl (C=O) groups excluding carboxylic acids is 2. The second-order valence-corrected chi connectivity index (χ2v) is 4.68. The molecule has 0 bridgehead atoms. The molecule has 0 aliphatic heterocycles. The predicted octanol–water partition coefficient (Wildman–Crippen LogP) is 1.14. The van der Waals surface area contributed by atoms with E-state index in [9.17, 15) is 9.59 Å². The van der Waals surface area contributed by atoms with E-state index in [4.69, 9.17) is 4.74 Å². The van der Waals surface area contributed by atoms with Crippen LogP contribution in [0.3, 0.4) is 0 Å². The number of hydrogen-bond acceptors (Lipinski definition) is 3. The first-order valence-electron chi connectivity index (χ1n) is 6.15. The number of ketones is 1. The maximum absolute atomic E-state index is 12.1. The first kappa shape index (κ1) is 15.1. The topological polar surface area (TPSA) is 71.0 Å². The van der Waals surface area contributed by atoms with Crippen LogP contribution in [0.2, 0.25) is 0 Å². The Bertz CT molecular complexity index is 491. The number of rotatable bonds is 5. The van der Waals surface area contributed by atoms with Crippen molar-refractivity contribution in [3.63, 3.8) is 0 Å². The predicted molar refractivity (Wildman–Crippen MR) is 73.1 cm³/mol. The summed E-state index contributed by atoms with van der Waals surface area (Å²) in [6.07, 6.45) is 3.14. The summed E-state index contributed by atoms with van der Waals surface area (Å²) in [6.45, 7) is 5.05. The number of benzene rings is 1. The molecule has 4 nitrogen and oxygen atoms in total. The highest BCUT2D eigenvalue weighted by Gasteiger charge is 2.35. The smallest absolute Gasteiger partial charge is 0.303 e. The van der Waals surface area contributed by atoms with Crippen molar-refractivity contribution in [2.24, 2.45) is 0 Å². The van der Waals surface area contributed by atoms with Gasteiger partial charge in [-0.15, -0.1) is 0 Å². The van der Waals surface area contributed by atoms with Crippen molar-refractivity contribution in [1.29, 1.82) is 0 Å². The summed E-state index contributed by atoms with van der Waals surface area (Å²) in [4.78, 5) is 23.1. The van der Waals surface area contributed by atoms with Gasteiger partial charge in [0.25, 0.3) is 0 Å². The third-order valence-electron chi connectivity index (χ3n) is 2.87. The lowest BCUT2D eigenvalue weighted by molar-refractivity contribution is -0.391. The molecule has 1 atom stereocenters. The fraction of sp³-hybridized carbons (Fsp3) is 0.333. The van der Waals surface area contributed by atoms with E-state index in [1.54, 1.807) is 13.0 Å². The van der Waals surface area contributed by atoms with Gasteiger partial charge in [0.1, 0.15) is 6.54 Å². The van der Waals surface area contributed by atoms with Crippen LogP contribution < -0.4 is 5.73 Å². The lowest BCUT2D eigenvalue weighted by Crippen LogP contribution is -2.64. The van der Waals surface area contributed by atoms with Crippen LogP contribution in [0.5, 0.6) is 0 Å². The second kappa shape index (κ2) is 6.29. The summed E-state index contributed by atoms with van der Waals surface area (Å²) in [6, 6.07) is 7.78. The van der Waals surface area contributed by atoms with Gasteiger partial charge < -0.3 is 10.5 Å². The van der Waals surface area contributed by atoms with E-state index in [2.05, 4.69) is 5.73 Å². The monoisotopic (exact) mass is 262 g/mol. The molecule has 19 heavy (non-hydrogen) atoms. The molecule has 0 saturated carbocycles. The molecular weight excluding hydrogens is 242 g/mol. The molecule has 1 aromatic rings. The highest BCUT2D eigenvalue weighted by molar-refractivity contribution is 6.00. The Morgan fingerprint density at radius 1 is 1.32 bits per heavy atom. The Balaban J connectivity index is 2.82. The second-order valence-electron chi connectivity index (χ2n) is 4.68. The lowest BCUT2D eigenvalue weighted by Gasteiger charge is -2.22. The molecule has 0 fully saturated rings. The van der Waals surface area contributed by atoms with E-state index < -0.39 is 11.6 Å². The summed E-state index contributed by atoms with van der Waals surface area (Å²) in [7, 11) is 0. The van der Waals surface area contributed by atoms with E-state index in [1.165, 1.54) is 13.0 Å². The Hall–Kier alpha value is -1.94. The van der Waals surface area contributed by atoms with Gasteiger partial charge in [0.05, 0.1) is 0 Å². The molecular formula is C15H20NO3+. The van der Waals surface area contributed by atoms with E-state index in [0.29, 0.717) is 0 Å². The van der Waals surface area contributed by atoms with Crippen LogP contribution in [-0.2, 0) is 14.3 Å². The van der Waals surface area contributed by atoms with Gasteiger partial charge in [-0.25, -0.2) is 0 Å². The van der Waals surface area contributed by atoms with Crippen LogP contribution in [-0.4, -0.2) is 23.9 Å². The van der Waals surface area contributed by atoms with E-state index in [-0.39, 0.29) is 12.3 Å². The van der Waals surface area contributed by atoms with Crippen molar-refractivity contribution in [3.8, 4) is 0 Å². The van der Waals surface area contributed by atoms with Crippen molar-refractivity contribution in [1.82, 2.24) is 0 Å². The zero-order valence-corrected chi connectivity index (χ0v) is 11.6. The van der Waals surface area contributed by atoms with Gasteiger partial charge in [-0.1, -0.05) is 35.9 Å². The van der Waals surface area contributed by atoms with Gasteiger partial charge in [0.2, 0.25) is 11.4 Å². The average molecular weight is 262 g/mol. The van der Waals surface area contributed by atoms with Crippen LogP contribution >= 0.6 is 0 Å². The molecule has 0 saturated heterocycles. The summed E-state index contributed by atoms with van der Waals surface area (Å²) in [5.41, 5.74) is 4.56. The summed E-state index contributed by atoms with van der Waals surface area (Å²) >= 11 is 0. The van der Waals surface area contributed by atoms with Gasteiger partial charge in [0.15, 0.2) is 0 Å². The van der Waals surface area contributed by atoms with Crippen molar-refractivity contribution < 1.29 is 20.1 Å². The highest BCUT2D eigenvalue weighted by atomic mass is 16.6. The molecule has 0 heterocycles. The Morgan fingerprint density at radius 3 is 2.37 bits per heavy atom. The number of ether oxygens (including phenoxy) is 1. The number of hydrogen-bond donors (Lipinski definition) is 1. The fourth-order valence-electron chi connectivity index (χ4n) is 1.57. The molecule has 4 heteroatoms. The van der Waals surface area contributed by atoms with Gasteiger partial charge in [-0.2, -0.15) is 0 Å². The first-order valence-corrected chi connectivity index (χ1v) is 6.15.